The maximum Gasteiger partial charge on any atom is 0.280 e. The van der Waals surface area contributed by atoms with E-state index in [4.69, 9.17) is 0 Å². The largest absolute Gasteiger partial charge is 0.337 e. The van der Waals surface area contributed by atoms with Crippen molar-refractivity contribution >= 4 is 46.5 Å². The van der Waals surface area contributed by atoms with Crippen LogP contribution in [-0.2, 0) is 19.2 Å². The van der Waals surface area contributed by atoms with Crippen molar-refractivity contribution in [1.29, 1.82) is 0 Å². The summed E-state index contributed by atoms with van der Waals surface area (Å²) in [5, 5.41) is 6.97. The van der Waals surface area contributed by atoms with E-state index in [-0.39, 0.29) is 16.9 Å². The summed E-state index contributed by atoms with van der Waals surface area (Å²) in [5.41, 5.74) is 0. The highest BCUT2D eigenvalue weighted by Gasteiger charge is 2.32. The van der Waals surface area contributed by atoms with Gasteiger partial charge in [0, 0.05) is 19.3 Å². The Kier molecular flexibility index (Phi) is 5.36. The zero-order chi connectivity index (χ0) is 16.8. The minimum absolute atomic E-state index is 0.00858. The summed E-state index contributed by atoms with van der Waals surface area (Å²) in [6, 6.07) is 0.261. The summed E-state index contributed by atoms with van der Waals surface area (Å²) >= 11 is 0.870. The number of amidine groups is 1. The average Bonchev–Trinajstić information content (AvgIpc) is 2.50. The van der Waals surface area contributed by atoms with E-state index >= 15 is 0 Å². The molecule has 120 valence electrons. The number of carbonyl (C=O) groups is 4. The molecule has 0 saturated heterocycles. The quantitative estimate of drug-likeness (QED) is 0.578. The molecule has 3 N–H and O–H groups in total. The van der Waals surface area contributed by atoms with Crippen LogP contribution in [0.1, 0.15) is 6.92 Å². The SMILES string of the molecule is CC(=O)NC1C(=O)N=C(SCC(=O)Nc2ncccn2)NC1=O. The second kappa shape index (κ2) is 7.45. The molecule has 1 aliphatic heterocycles. The van der Waals surface area contributed by atoms with Gasteiger partial charge in [-0.25, -0.2) is 9.97 Å². The Morgan fingerprint density at radius 1 is 1.30 bits per heavy atom. The topological polar surface area (TPSA) is 143 Å². The van der Waals surface area contributed by atoms with Crippen LogP contribution in [0.25, 0.3) is 0 Å². The van der Waals surface area contributed by atoms with E-state index < -0.39 is 29.7 Å². The van der Waals surface area contributed by atoms with Gasteiger partial charge in [0.15, 0.2) is 11.2 Å². The number of anilines is 1. The molecule has 0 aliphatic carbocycles. The van der Waals surface area contributed by atoms with Crippen molar-refractivity contribution in [3.8, 4) is 0 Å². The molecule has 4 amide bonds. The number of hydrogen-bond donors (Lipinski definition) is 3. The minimum Gasteiger partial charge on any atom is -0.337 e. The highest BCUT2D eigenvalue weighted by atomic mass is 32.2. The first-order chi connectivity index (χ1) is 11.0. The van der Waals surface area contributed by atoms with E-state index in [9.17, 15) is 19.2 Å². The van der Waals surface area contributed by atoms with Crippen LogP contribution < -0.4 is 16.0 Å². The summed E-state index contributed by atoms with van der Waals surface area (Å²) in [6.45, 7) is 1.19. The van der Waals surface area contributed by atoms with E-state index in [2.05, 4.69) is 30.9 Å². The molecule has 10 nitrogen and oxygen atoms in total. The normalized spacial score (nSPS) is 17.1. The summed E-state index contributed by atoms with van der Waals surface area (Å²) in [6.07, 6.45) is 2.95. The Morgan fingerprint density at radius 2 is 2.00 bits per heavy atom. The summed E-state index contributed by atoms with van der Waals surface area (Å²) < 4.78 is 0. The van der Waals surface area contributed by atoms with Crippen molar-refractivity contribution in [2.24, 2.45) is 4.99 Å². The molecule has 0 radical (unpaired) electrons. The molecule has 2 heterocycles. The maximum absolute atomic E-state index is 11.7. The maximum atomic E-state index is 11.7. The molecule has 23 heavy (non-hydrogen) atoms. The first kappa shape index (κ1) is 16.5. The zero-order valence-electron chi connectivity index (χ0n) is 11.9. The number of aromatic nitrogens is 2. The highest BCUT2D eigenvalue weighted by Crippen LogP contribution is 2.08. The molecule has 1 aromatic heterocycles. The van der Waals surface area contributed by atoms with E-state index in [0.29, 0.717) is 0 Å². The van der Waals surface area contributed by atoms with Crippen LogP contribution in [0, 0.1) is 0 Å². The number of hydrogen-bond acceptors (Lipinski definition) is 7. The van der Waals surface area contributed by atoms with E-state index in [0.717, 1.165) is 11.8 Å². The Hall–Kier alpha value is -2.82. The third kappa shape index (κ3) is 4.85. The van der Waals surface area contributed by atoms with Crippen molar-refractivity contribution in [2.75, 3.05) is 11.1 Å². The van der Waals surface area contributed by atoms with Gasteiger partial charge in [-0.1, -0.05) is 11.8 Å². The van der Waals surface area contributed by atoms with Gasteiger partial charge >= 0.3 is 0 Å². The van der Waals surface area contributed by atoms with Gasteiger partial charge in [-0.3, -0.25) is 24.5 Å². The minimum atomic E-state index is -1.34. The van der Waals surface area contributed by atoms with Crippen molar-refractivity contribution in [3.05, 3.63) is 18.5 Å². The van der Waals surface area contributed by atoms with Crippen LogP contribution in [0.5, 0.6) is 0 Å². The fourth-order valence-electron chi connectivity index (χ4n) is 1.54. The van der Waals surface area contributed by atoms with Gasteiger partial charge in [0.2, 0.25) is 17.8 Å². The van der Waals surface area contributed by atoms with Crippen molar-refractivity contribution in [3.63, 3.8) is 0 Å². The van der Waals surface area contributed by atoms with Crippen LogP contribution in [0.2, 0.25) is 0 Å². The summed E-state index contributed by atoms with van der Waals surface area (Å²) in [5.74, 6) is -2.39. The predicted molar refractivity (Wildman–Crippen MR) is 81.3 cm³/mol. The fourth-order valence-corrected chi connectivity index (χ4v) is 2.21. The fraction of sp³-hybridized carbons (Fsp3) is 0.250. The van der Waals surface area contributed by atoms with Gasteiger partial charge in [-0.05, 0) is 6.07 Å². The van der Waals surface area contributed by atoms with Crippen molar-refractivity contribution < 1.29 is 19.2 Å². The number of nitrogens with one attached hydrogen (secondary N) is 3. The molecular weight excluding hydrogens is 324 g/mol. The molecule has 11 heteroatoms. The molecule has 1 atom stereocenters. The molecule has 2 rings (SSSR count). The van der Waals surface area contributed by atoms with Crippen LogP contribution in [-0.4, -0.2) is 50.6 Å². The molecule has 1 unspecified atom stereocenters. The van der Waals surface area contributed by atoms with Gasteiger partial charge in [-0.15, -0.1) is 0 Å². The van der Waals surface area contributed by atoms with Gasteiger partial charge in [0.25, 0.3) is 11.8 Å². The number of thioether (sulfide) groups is 1. The second-order valence-electron chi connectivity index (χ2n) is 4.29. The van der Waals surface area contributed by atoms with Crippen LogP contribution in [0.3, 0.4) is 0 Å². The van der Waals surface area contributed by atoms with E-state index in [1.165, 1.54) is 19.3 Å². The standard InChI is InChI=1S/C12H12N6O4S/c1-6(19)15-8-9(21)17-12(18-10(8)22)23-5-7(20)16-11-13-3-2-4-14-11/h2-4,8H,5H2,1H3,(H,15,19)(H,13,14,16,20)(H,17,18,21,22). The van der Waals surface area contributed by atoms with Gasteiger partial charge < -0.3 is 10.6 Å². The second-order valence-corrected chi connectivity index (χ2v) is 5.25. The Balaban J connectivity index is 1.89. The lowest BCUT2D eigenvalue weighted by Crippen LogP contribution is -2.54. The number of rotatable bonds is 4. The molecule has 1 aliphatic rings. The summed E-state index contributed by atoms with van der Waals surface area (Å²) in [7, 11) is 0. The zero-order valence-corrected chi connectivity index (χ0v) is 12.7. The Bertz CT molecular complexity index is 677. The highest BCUT2D eigenvalue weighted by molar-refractivity contribution is 8.14. The van der Waals surface area contributed by atoms with E-state index in [1.807, 2.05) is 0 Å². The first-order valence-corrected chi connectivity index (χ1v) is 7.34. The number of aliphatic imine (C=N–C) groups is 1. The number of nitrogens with zero attached hydrogens (tertiary/aromatic N) is 3. The molecule has 0 aromatic carbocycles. The smallest absolute Gasteiger partial charge is 0.280 e. The Morgan fingerprint density at radius 3 is 2.61 bits per heavy atom. The van der Waals surface area contributed by atoms with Crippen LogP contribution >= 0.6 is 11.8 Å². The van der Waals surface area contributed by atoms with Crippen molar-refractivity contribution in [1.82, 2.24) is 20.6 Å². The molecular formula is C12H12N6O4S. The van der Waals surface area contributed by atoms with Gasteiger partial charge in [0.05, 0.1) is 5.75 Å². The molecule has 1 aromatic rings. The lowest BCUT2D eigenvalue weighted by Gasteiger charge is -2.19. The van der Waals surface area contributed by atoms with Gasteiger partial charge in [-0.2, -0.15) is 4.99 Å². The monoisotopic (exact) mass is 336 g/mol. The lowest BCUT2D eigenvalue weighted by molar-refractivity contribution is -0.134. The van der Waals surface area contributed by atoms with Crippen LogP contribution in [0.4, 0.5) is 5.95 Å². The molecule has 0 fully saturated rings. The van der Waals surface area contributed by atoms with Crippen molar-refractivity contribution in [2.45, 2.75) is 13.0 Å². The molecule has 0 spiro atoms. The van der Waals surface area contributed by atoms with Gasteiger partial charge in [0.1, 0.15) is 0 Å². The average molecular weight is 336 g/mol. The number of amides is 4. The first-order valence-electron chi connectivity index (χ1n) is 6.36. The predicted octanol–water partition coefficient (Wildman–Crippen LogP) is -1.33. The molecule has 0 saturated carbocycles. The summed E-state index contributed by atoms with van der Waals surface area (Å²) in [4.78, 5) is 57.3. The van der Waals surface area contributed by atoms with Crippen LogP contribution in [0.15, 0.2) is 23.5 Å². The Labute approximate surface area is 134 Å². The third-order valence-corrected chi connectivity index (χ3v) is 3.33. The van der Waals surface area contributed by atoms with E-state index in [1.54, 1.807) is 6.07 Å². The number of carbonyl (C=O) groups excluding carboxylic acids is 4. The lowest BCUT2D eigenvalue weighted by atomic mass is 10.2. The third-order valence-electron chi connectivity index (χ3n) is 2.46. The molecule has 0 bridgehead atoms.